The van der Waals surface area contributed by atoms with Crippen LogP contribution in [-0.4, -0.2) is 47.5 Å². The zero-order valence-corrected chi connectivity index (χ0v) is 12.1. The van der Waals surface area contributed by atoms with Crippen molar-refractivity contribution in [3.63, 3.8) is 0 Å². The van der Waals surface area contributed by atoms with Gasteiger partial charge in [0.15, 0.2) is 5.17 Å². The molecule has 0 saturated carbocycles. The smallest absolute Gasteiger partial charge is 0.157 e. The number of amidine groups is 1. The van der Waals surface area contributed by atoms with E-state index in [0.29, 0.717) is 6.04 Å². The summed E-state index contributed by atoms with van der Waals surface area (Å²) in [5, 5.41) is 4.69. The van der Waals surface area contributed by atoms with Crippen LogP contribution in [0.25, 0.3) is 0 Å². The zero-order valence-electron chi connectivity index (χ0n) is 11.3. The molecule has 2 heterocycles. The first-order valence-corrected chi connectivity index (χ1v) is 7.71. The van der Waals surface area contributed by atoms with Crippen LogP contribution < -0.4 is 5.32 Å². The van der Waals surface area contributed by atoms with Crippen LogP contribution in [0.5, 0.6) is 0 Å². The van der Waals surface area contributed by atoms with Crippen LogP contribution in [0, 0.1) is 0 Å². The Labute approximate surface area is 109 Å². The molecule has 2 saturated heterocycles. The van der Waals surface area contributed by atoms with Crippen molar-refractivity contribution in [1.82, 2.24) is 10.2 Å². The summed E-state index contributed by atoms with van der Waals surface area (Å²) in [7, 11) is 2.23. The molecule has 1 N–H and O–H groups in total. The largest absolute Gasteiger partial charge is 0.360 e. The Balaban J connectivity index is 1.86. The monoisotopic (exact) mass is 255 g/mol. The minimum Gasteiger partial charge on any atom is -0.360 e. The molecule has 0 aliphatic carbocycles. The first kappa shape index (κ1) is 13.2. The third kappa shape index (κ3) is 3.88. The highest BCUT2D eigenvalue weighted by molar-refractivity contribution is 8.13. The van der Waals surface area contributed by atoms with E-state index in [1.165, 1.54) is 38.0 Å². The van der Waals surface area contributed by atoms with E-state index in [2.05, 4.69) is 31.1 Å². The molecule has 0 bridgehead atoms. The second-order valence-corrected chi connectivity index (χ2v) is 6.97. The number of rotatable bonds is 2. The molecule has 0 amide bonds. The molecule has 0 radical (unpaired) electrons. The lowest BCUT2D eigenvalue weighted by Crippen LogP contribution is -2.46. The second kappa shape index (κ2) is 5.61. The van der Waals surface area contributed by atoms with Crippen molar-refractivity contribution in [3.05, 3.63) is 0 Å². The van der Waals surface area contributed by atoms with E-state index in [1.807, 2.05) is 11.8 Å². The third-order valence-electron chi connectivity index (χ3n) is 3.78. The van der Waals surface area contributed by atoms with Gasteiger partial charge in [0.1, 0.15) is 0 Å². The summed E-state index contributed by atoms with van der Waals surface area (Å²) in [6.45, 7) is 6.72. The summed E-state index contributed by atoms with van der Waals surface area (Å²) < 4.78 is 0. The van der Waals surface area contributed by atoms with Gasteiger partial charge in [-0.2, -0.15) is 0 Å². The van der Waals surface area contributed by atoms with E-state index in [1.54, 1.807) is 0 Å². The zero-order chi connectivity index (χ0) is 12.3. The van der Waals surface area contributed by atoms with E-state index in [4.69, 9.17) is 4.99 Å². The lowest BCUT2D eigenvalue weighted by atomic mass is 10.0. The van der Waals surface area contributed by atoms with Crippen LogP contribution in [0.4, 0.5) is 0 Å². The molecule has 2 rings (SSSR count). The molecule has 0 spiro atoms. The minimum atomic E-state index is 0.225. The Bertz CT molecular complexity index is 288. The van der Waals surface area contributed by atoms with Crippen LogP contribution in [0.15, 0.2) is 4.99 Å². The van der Waals surface area contributed by atoms with Gasteiger partial charge in [-0.3, -0.25) is 4.99 Å². The quantitative estimate of drug-likeness (QED) is 0.821. The molecule has 0 aromatic heterocycles. The van der Waals surface area contributed by atoms with Crippen LogP contribution in [0.1, 0.15) is 39.5 Å². The van der Waals surface area contributed by atoms with Crippen LogP contribution in [0.3, 0.4) is 0 Å². The van der Waals surface area contributed by atoms with Crippen molar-refractivity contribution in [2.24, 2.45) is 4.99 Å². The first-order chi connectivity index (χ1) is 8.07. The lowest BCUT2D eigenvalue weighted by molar-refractivity contribution is 0.191. The maximum atomic E-state index is 4.78. The van der Waals surface area contributed by atoms with Crippen molar-refractivity contribution in [2.75, 3.05) is 25.9 Å². The molecule has 2 aliphatic heterocycles. The Morgan fingerprint density at radius 3 is 3.00 bits per heavy atom. The van der Waals surface area contributed by atoms with Crippen molar-refractivity contribution < 1.29 is 0 Å². The molecule has 4 heteroatoms. The number of likely N-dealkylation sites (tertiary alicyclic amines) is 1. The van der Waals surface area contributed by atoms with Gasteiger partial charge in [0, 0.05) is 17.3 Å². The molecule has 1 atom stereocenters. The number of nitrogens with one attached hydrogen (secondary N) is 1. The van der Waals surface area contributed by atoms with E-state index >= 15 is 0 Å². The van der Waals surface area contributed by atoms with E-state index in [-0.39, 0.29) is 5.54 Å². The molecular weight excluding hydrogens is 230 g/mol. The molecule has 2 fully saturated rings. The average Bonchev–Trinajstić information content (AvgIpc) is 2.27. The highest BCUT2D eigenvalue weighted by Crippen LogP contribution is 2.22. The third-order valence-corrected chi connectivity index (χ3v) is 4.69. The van der Waals surface area contributed by atoms with Gasteiger partial charge >= 0.3 is 0 Å². The number of hydrogen-bond acceptors (Lipinski definition) is 3. The van der Waals surface area contributed by atoms with Gasteiger partial charge in [-0.25, -0.2) is 0 Å². The van der Waals surface area contributed by atoms with Gasteiger partial charge in [0.2, 0.25) is 0 Å². The van der Waals surface area contributed by atoms with E-state index < -0.39 is 0 Å². The minimum absolute atomic E-state index is 0.225. The molecule has 2 aliphatic rings. The average molecular weight is 255 g/mol. The van der Waals surface area contributed by atoms with Gasteiger partial charge in [-0.15, -0.1) is 0 Å². The number of thioether (sulfide) groups is 1. The fraction of sp³-hybridized carbons (Fsp3) is 0.923. The predicted octanol–water partition coefficient (Wildman–Crippen LogP) is 2.33. The number of likely N-dealkylation sites (N-methyl/N-ethyl adjacent to an activating group) is 1. The maximum absolute atomic E-state index is 4.78. The summed E-state index contributed by atoms with van der Waals surface area (Å²) >= 11 is 1.88. The fourth-order valence-corrected chi connectivity index (χ4v) is 3.76. The van der Waals surface area contributed by atoms with Crippen molar-refractivity contribution in [1.29, 1.82) is 0 Å². The van der Waals surface area contributed by atoms with Crippen LogP contribution in [0.2, 0.25) is 0 Å². The number of aliphatic imine (C=N–C) groups is 1. The molecular formula is C13H25N3S. The molecule has 0 aromatic carbocycles. The van der Waals surface area contributed by atoms with Crippen LogP contribution in [-0.2, 0) is 0 Å². The van der Waals surface area contributed by atoms with Gasteiger partial charge in [0.25, 0.3) is 0 Å². The lowest BCUT2D eigenvalue weighted by Gasteiger charge is -2.34. The Hall–Kier alpha value is -0.220. The summed E-state index contributed by atoms with van der Waals surface area (Å²) in [4.78, 5) is 7.24. The summed E-state index contributed by atoms with van der Waals surface area (Å²) in [6, 6.07) is 0.656. The Morgan fingerprint density at radius 2 is 2.29 bits per heavy atom. The van der Waals surface area contributed by atoms with Gasteiger partial charge < -0.3 is 10.2 Å². The Morgan fingerprint density at radius 1 is 1.47 bits per heavy atom. The molecule has 1 unspecified atom stereocenters. The second-order valence-electron chi connectivity index (χ2n) is 5.88. The van der Waals surface area contributed by atoms with Crippen molar-refractivity contribution in [2.45, 2.75) is 51.1 Å². The summed E-state index contributed by atoms with van der Waals surface area (Å²) in [5.74, 6) is 1.19. The summed E-state index contributed by atoms with van der Waals surface area (Å²) in [5.41, 5.74) is 0.225. The number of nitrogens with zero attached hydrogens (tertiary/aromatic N) is 2. The van der Waals surface area contributed by atoms with Crippen LogP contribution >= 0.6 is 11.8 Å². The van der Waals surface area contributed by atoms with Gasteiger partial charge in [-0.05, 0) is 46.7 Å². The molecule has 98 valence electrons. The van der Waals surface area contributed by atoms with Gasteiger partial charge in [-0.1, -0.05) is 18.2 Å². The topological polar surface area (TPSA) is 27.6 Å². The standard InChI is InChI=1S/C13H25N3S/c1-13(2)7-9-17-12(15-13)14-10-11-6-4-5-8-16(11)3/h11H,4-10H2,1-3H3,(H,14,15). The van der Waals surface area contributed by atoms with Gasteiger partial charge in [0.05, 0.1) is 6.54 Å². The highest BCUT2D eigenvalue weighted by Gasteiger charge is 2.25. The number of piperidine rings is 1. The summed E-state index contributed by atoms with van der Waals surface area (Å²) in [6.07, 6.45) is 5.25. The van der Waals surface area contributed by atoms with E-state index in [0.717, 1.165) is 11.7 Å². The SMILES string of the molecule is CN1CCCCC1CN=C1NC(C)(C)CCS1. The molecule has 17 heavy (non-hydrogen) atoms. The molecule has 0 aromatic rings. The van der Waals surface area contributed by atoms with E-state index in [9.17, 15) is 0 Å². The first-order valence-electron chi connectivity index (χ1n) is 6.72. The van der Waals surface area contributed by atoms with Crippen molar-refractivity contribution in [3.8, 4) is 0 Å². The molecule has 3 nitrogen and oxygen atoms in total. The van der Waals surface area contributed by atoms with Crippen molar-refractivity contribution >= 4 is 16.9 Å². The Kier molecular flexibility index (Phi) is 4.36. The maximum Gasteiger partial charge on any atom is 0.157 e. The highest BCUT2D eigenvalue weighted by atomic mass is 32.2. The fourth-order valence-electron chi connectivity index (χ4n) is 2.44. The normalized spacial score (nSPS) is 32.4. The predicted molar refractivity (Wildman–Crippen MR) is 76.9 cm³/mol. The number of hydrogen-bond donors (Lipinski definition) is 1.